The first-order valence-electron chi connectivity index (χ1n) is 9.51. The molecule has 0 spiro atoms. The van der Waals surface area contributed by atoms with Gasteiger partial charge in [0.25, 0.3) is 0 Å². The molecule has 3 rings (SSSR count). The lowest BCUT2D eigenvalue weighted by Crippen LogP contribution is -2.42. The molecular formula is C17H30N6O2. The third-order valence-electron chi connectivity index (χ3n) is 5.44. The Morgan fingerprint density at radius 3 is 2.80 bits per heavy atom. The number of carbonyl (C=O) groups excluding carboxylic acids is 1. The minimum Gasteiger partial charge on any atom is -0.381 e. The topological polar surface area (TPSA) is 85.2 Å². The van der Waals surface area contributed by atoms with Crippen molar-refractivity contribution in [2.24, 2.45) is 5.92 Å². The molecule has 0 bridgehead atoms. The van der Waals surface area contributed by atoms with Crippen LogP contribution in [0.15, 0.2) is 0 Å². The minimum absolute atomic E-state index is 0.0924. The maximum absolute atomic E-state index is 12.4. The molecule has 3 heterocycles. The Hall–Kier alpha value is -1.54. The van der Waals surface area contributed by atoms with Crippen molar-refractivity contribution in [3.8, 4) is 0 Å². The maximum atomic E-state index is 12.4. The van der Waals surface area contributed by atoms with E-state index in [2.05, 4.69) is 32.7 Å². The van der Waals surface area contributed by atoms with Gasteiger partial charge in [-0.15, -0.1) is 5.10 Å². The number of ether oxygens (including phenoxy) is 1. The summed E-state index contributed by atoms with van der Waals surface area (Å²) < 4.78 is 7.16. The highest BCUT2D eigenvalue weighted by molar-refractivity contribution is 5.76. The van der Waals surface area contributed by atoms with E-state index in [0.717, 1.165) is 57.8 Å². The molecule has 2 saturated heterocycles. The molecule has 140 valence electrons. The highest BCUT2D eigenvalue weighted by Crippen LogP contribution is 2.27. The van der Waals surface area contributed by atoms with Crippen LogP contribution in [-0.4, -0.2) is 69.4 Å². The Kier molecular flexibility index (Phi) is 6.36. The number of aryl methyl sites for hydroxylation is 2. The summed E-state index contributed by atoms with van der Waals surface area (Å²) in [5, 5.41) is 14.6. The van der Waals surface area contributed by atoms with Gasteiger partial charge in [-0.3, -0.25) is 9.69 Å². The summed E-state index contributed by atoms with van der Waals surface area (Å²) in [5.74, 6) is 1.38. The van der Waals surface area contributed by atoms with Crippen molar-refractivity contribution < 1.29 is 9.53 Å². The molecular weight excluding hydrogens is 320 g/mol. The van der Waals surface area contributed by atoms with Crippen LogP contribution in [-0.2, 0) is 16.1 Å². The van der Waals surface area contributed by atoms with E-state index < -0.39 is 0 Å². The second kappa shape index (κ2) is 8.71. The fraction of sp³-hybridized carbons (Fsp3) is 0.882. The van der Waals surface area contributed by atoms with Crippen LogP contribution in [0.1, 0.15) is 44.9 Å². The van der Waals surface area contributed by atoms with Gasteiger partial charge in [-0.25, -0.2) is 4.68 Å². The van der Waals surface area contributed by atoms with Gasteiger partial charge in [-0.1, -0.05) is 13.3 Å². The molecule has 1 N–H and O–H groups in total. The smallest absolute Gasteiger partial charge is 0.222 e. The van der Waals surface area contributed by atoms with Crippen LogP contribution in [0.3, 0.4) is 0 Å². The number of rotatable bonds is 7. The monoisotopic (exact) mass is 350 g/mol. The van der Waals surface area contributed by atoms with E-state index in [1.807, 2.05) is 6.92 Å². The molecule has 8 heteroatoms. The summed E-state index contributed by atoms with van der Waals surface area (Å²) in [5.41, 5.74) is 0. The summed E-state index contributed by atoms with van der Waals surface area (Å²) in [6.07, 6.45) is 4.95. The Morgan fingerprint density at radius 2 is 2.12 bits per heavy atom. The van der Waals surface area contributed by atoms with E-state index in [9.17, 15) is 4.79 Å². The first-order valence-corrected chi connectivity index (χ1v) is 9.51. The van der Waals surface area contributed by atoms with Crippen molar-refractivity contribution in [3.05, 3.63) is 5.82 Å². The van der Waals surface area contributed by atoms with Crippen LogP contribution in [0.4, 0.5) is 0 Å². The van der Waals surface area contributed by atoms with E-state index in [-0.39, 0.29) is 11.9 Å². The number of aromatic nitrogens is 4. The van der Waals surface area contributed by atoms with Crippen molar-refractivity contribution in [1.82, 2.24) is 30.4 Å². The summed E-state index contributed by atoms with van der Waals surface area (Å²) in [4.78, 5) is 15.0. The van der Waals surface area contributed by atoms with Gasteiger partial charge in [0.05, 0.1) is 6.54 Å². The first-order chi connectivity index (χ1) is 12.2. The van der Waals surface area contributed by atoms with Gasteiger partial charge in [-0.05, 0) is 42.5 Å². The van der Waals surface area contributed by atoms with Crippen LogP contribution in [0, 0.1) is 12.8 Å². The fourth-order valence-corrected chi connectivity index (χ4v) is 4.02. The van der Waals surface area contributed by atoms with Gasteiger partial charge in [0.1, 0.15) is 5.82 Å². The standard InChI is InChI=1S/C17H30N6O2/c1-3-4-14-11-22(15-6-9-25-10-7-15)12-16(14)18-17(24)5-8-23-13(2)19-20-21-23/h14-16H,3-12H2,1-2H3,(H,18,24)/t14-,16-/m1/s1. The van der Waals surface area contributed by atoms with Crippen molar-refractivity contribution in [2.45, 2.75) is 64.6 Å². The number of nitrogens with zero attached hydrogens (tertiary/aromatic N) is 5. The molecule has 0 aromatic carbocycles. The van der Waals surface area contributed by atoms with Crippen molar-refractivity contribution in [1.29, 1.82) is 0 Å². The zero-order valence-electron chi connectivity index (χ0n) is 15.4. The van der Waals surface area contributed by atoms with E-state index in [0.29, 0.717) is 24.9 Å². The Bertz CT molecular complexity index is 557. The second-order valence-corrected chi connectivity index (χ2v) is 7.22. The molecule has 0 saturated carbocycles. The summed E-state index contributed by atoms with van der Waals surface area (Å²) in [7, 11) is 0. The molecule has 0 aliphatic carbocycles. The zero-order chi connectivity index (χ0) is 17.6. The molecule has 8 nitrogen and oxygen atoms in total. The van der Waals surface area contributed by atoms with Crippen LogP contribution >= 0.6 is 0 Å². The van der Waals surface area contributed by atoms with Crippen LogP contribution in [0.2, 0.25) is 0 Å². The Labute approximate surface area is 149 Å². The predicted molar refractivity (Wildman–Crippen MR) is 92.9 cm³/mol. The molecule has 2 atom stereocenters. The number of hydrogen-bond acceptors (Lipinski definition) is 6. The highest BCUT2D eigenvalue weighted by atomic mass is 16.5. The molecule has 2 aliphatic rings. The average molecular weight is 350 g/mol. The second-order valence-electron chi connectivity index (χ2n) is 7.22. The minimum atomic E-state index is 0.0924. The van der Waals surface area contributed by atoms with Crippen molar-refractivity contribution >= 4 is 5.91 Å². The summed E-state index contributed by atoms with van der Waals surface area (Å²) in [6, 6.07) is 0.865. The lowest BCUT2D eigenvalue weighted by molar-refractivity contribution is -0.122. The number of amides is 1. The first kappa shape index (κ1) is 18.3. The molecule has 0 unspecified atom stereocenters. The molecule has 1 aromatic rings. The van der Waals surface area contributed by atoms with Crippen molar-refractivity contribution in [3.63, 3.8) is 0 Å². The van der Waals surface area contributed by atoms with E-state index in [1.54, 1.807) is 4.68 Å². The molecule has 1 aromatic heterocycles. The van der Waals surface area contributed by atoms with Gasteiger partial charge in [-0.2, -0.15) is 0 Å². The summed E-state index contributed by atoms with van der Waals surface area (Å²) >= 11 is 0. The molecule has 2 fully saturated rings. The highest BCUT2D eigenvalue weighted by Gasteiger charge is 2.36. The number of likely N-dealkylation sites (tertiary alicyclic amines) is 1. The van der Waals surface area contributed by atoms with Crippen LogP contribution in [0.25, 0.3) is 0 Å². The van der Waals surface area contributed by atoms with Gasteiger partial charge >= 0.3 is 0 Å². The van der Waals surface area contributed by atoms with Gasteiger partial charge in [0, 0.05) is 44.8 Å². The van der Waals surface area contributed by atoms with Crippen LogP contribution in [0.5, 0.6) is 0 Å². The molecule has 0 radical (unpaired) electrons. The summed E-state index contributed by atoms with van der Waals surface area (Å²) in [6.45, 7) is 8.37. The van der Waals surface area contributed by atoms with Gasteiger partial charge < -0.3 is 10.1 Å². The Balaban J connectivity index is 1.51. The van der Waals surface area contributed by atoms with E-state index in [1.165, 1.54) is 0 Å². The molecule has 1 amide bonds. The van der Waals surface area contributed by atoms with E-state index >= 15 is 0 Å². The van der Waals surface area contributed by atoms with E-state index in [4.69, 9.17) is 4.74 Å². The number of nitrogens with one attached hydrogen (secondary N) is 1. The largest absolute Gasteiger partial charge is 0.381 e. The van der Waals surface area contributed by atoms with Crippen LogP contribution < -0.4 is 5.32 Å². The Morgan fingerprint density at radius 1 is 1.32 bits per heavy atom. The number of carbonyl (C=O) groups is 1. The third-order valence-corrected chi connectivity index (χ3v) is 5.44. The predicted octanol–water partition coefficient (Wildman–Crippen LogP) is 0.767. The average Bonchev–Trinajstić information content (AvgIpc) is 3.21. The normalized spacial score (nSPS) is 25.4. The lowest BCUT2D eigenvalue weighted by atomic mass is 9.98. The van der Waals surface area contributed by atoms with Gasteiger partial charge in [0.15, 0.2) is 0 Å². The zero-order valence-corrected chi connectivity index (χ0v) is 15.4. The van der Waals surface area contributed by atoms with Gasteiger partial charge in [0.2, 0.25) is 5.91 Å². The SMILES string of the molecule is CCC[C@@H]1CN(C2CCOCC2)C[C@H]1NC(=O)CCn1nnnc1C. The third kappa shape index (κ3) is 4.76. The number of tetrazole rings is 1. The number of hydrogen-bond donors (Lipinski definition) is 1. The quantitative estimate of drug-likeness (QED) is 0.782. The fourth-order valence-electron chi connectivity index (χ4n) is 4.02. The lowest BCUT2D eigenvalue weighted by Gasteiger charge is -2.31. The molecule has 25 heavy (non-hydrogen) atoms. The molecule has 2 aliphatic heterocycles. The maximum Gasteiger partial charge on any atom is 0.222 e. The van der Waals surface area contributed by atoms with Crippen molar-refractivity contribution in [2.75, 3.05) is 26.3 Å².